The van der Waals surface area contributed by atoms with Crippen molar-refractivity contribution in [3.05, 3.63) is 63.6 Å². The third kappa shape index (κ3) is 5.41. The number of carbonyl (C=O) groups excluding carboxylic acids is 2. The Morgan fingerprint density at radius 2 is 1.73 bits per heavy atom. The van der Waals surface area contributed by atoms with Crippen LogP contribution in [0.25, 0.3) is 0 Å². The summed E-state index contributed by atoms with van der Waals surface area (Å²) in [5, 5.41) is 2.89. The number of carbonyl (C=O) groups is 2. The highest BCUT2D eigenvalue weighted by Gasteiger charge is 2.24. The molecule has 0 aliphatic rings. The third-order valence-electron chi connectivity index (χ3n) is 3.80. The number of hydrogen-bond acceptors (Lipinski definition) is 3. The Balaban J connectivity index is 2.16. The van der Waals surface area contributed by atoms with E-state index in [1.165, 1.54) is 0 Å². The van der Waals surface area contributed by atoms with E-state index in [9.17, 15) is 9.59 Å². The van der Waals surface area contributed by atoms with Crippen molar-refractivity contribution in [2.24, 2.45) is 5.41 Å². The number of nitrogens with one attached hydrogen (secondary N) is 3. The molecule has 3 N–H and O–H groups in total. The maximum absolute atomic E-state index is 12.6. The quantitative estimate of drug-likeness (QED) is 0.639. The Bertz CT molecular complexity index is 799. The van der Waals surface area contributed by atoms with E-state index in [0.717, 1.165) is 15.6 Å². The van der Waals surface area contributed by atoms with Gasteiger partial charge in [0.15, 0.2) is 0 Å². The molecule has 2 aromatic carbocycles. The average molecular weight is 418 g/mol. The number of amides is 2. The molecule has 2 amide bonds. The topological polar surface area (TPSA) is 70.2 Å². The van der Waals surface area contributed by atoms with Crippen molar-refractivity contribution in [3.63, 3.8) is 0 Å². The van der Waals surface area contributed by atoms with Gasteiger partial charge in [0.1, 0.15) is 0 Å². The molecule has 0 saturated heterocycles. The van der Waals surface area contributed by atoms with Gasteiger partial charge in [0.25, 0.3) is 5.91 Å². The van der Waals surface area contributed by atoms with Gasteiger partial charge in [-0.1, -0.05) is 67.0 Å². The van der Waals surface area contributed by atoms with E-state index in [4.69, 9.17) is 0 Å². The highest BCUT2D eigenvalue weighted by molar-refractivity contribution is 9.10. The minimum Gasteiger partial charge on any atom is -0.325 e. The van der Waals surface area contributed by atoms with Crippen molar-refractivity contribution in [1.82, 2.24) is 10.9 Å². The second-order valence-corrected chi connectivity index (χ2v) is 8.06. The Labute approximate surface area is 162 Å². The SMILES string of the molecule is Cc1cc(Br)cc(C(=O)NNCc2ccccc2)c1NC(=O)C(C)(C)C. The molecule has 0 heterocycles. The fourth-order valence-electron chi connectivity index (χ4n) is 2.28. The molecule has 0 aliphatic carbocycles. The molecule has 0 radical (unpaired) electrons. The molecule has 6 heteroatoms. The number of anilines is 1. The molecule has 0 aliphatic heterocycles. The third-order valence-corrected chi connectivity index (χ3v) is 4.26. The summed E-state index contributed by atoms with van der Waals surface area (Å²) in [7, 11) is 0. The summed E-state index contributed by atoms with van der Waals surface area (Å²) < 4.78 is 0.775. The number of rotatable bonds is 5. The van der Waals surface area contributed by atoms with E-state index in [-0.39, 0.29) is 11.8 Å². The van der Waals surface area contributed by atoms with E-state index in [2.05, 4.69) is 32.1 Å². The van der Waals surface area contributed by atoms with E-state index >= 15 is 0 Å². The second-order valence-electron chi connectivity index (χ2n) is 7.14. The summed E-state index contributed by atoms with van der Waals surface area (Å²) in [6.45, 7) is 7.85. The van der Waals surface area contributed by atoms with Crippen molar-refractivity contribution >= 4 is 33.4 Å². The molecule has 0 saturated carbocycles. The van der Waals surface area contributed by atoms with Crippen LogP contribution in [0.15, 0.2) is 46.9 Å². The Morgan fingerprint density at radius 3 is 2.35 bits per heavy atom. The first-order chi connectivity index (χ1) is 12.2. The Kier molecular flexibility index (Phi) is 6.56. The summed E-state index contributed by atoms with van der Waals surface area (Å²) >= 11 is 3.41. The van der Waals surface area contributed by atoms with Gasteiger partial charge in [-0.2, -0.15) is 0 Å². The van der Waals surface area contributed by atoms with Crippen molar-refractivity contribution < 1.29 is 9.59 Å². The maximum atomic E-state index is 12.6. The molecular weight excluding hydrogens is 394 g/mol. The van der Waals surface area contributed by atoms with Crippen LogP contribution in [0.1, 0.15) is 42.3 Å². The van der Waals surface area contributed by atoms with E-state index in [0.29, 0.717) is 17.8 Å². The Morgan fingerprint density at radius 1 is 1.08 bits per heavy atom. The van der Waals surface area contributed by atoms with Gasteiger partial charge >= 0.3 is 0 Å². The standard InChI is InChI=1S/C20H24BrN3O2/c1-13-10-15(21)11-16(17(13)23-19(26)20(2,3)4)18(25)24-22-12-14-8-6-5-7-9-14/h5-11,22H,12H2,1-4H3,(H,23,26)(H,24,25). The first kappa shape index (κ1) is 20.1. The summed E-state index contributed by atoms with van der Waals surface area (Å²) in [5.41, 5.74) is 7.84. The molecule has 0 aromatic heterocycles. The van der Waals surface area contributed by atoms with Crippen LogP contribution in [0.2, 0.25) is 0 Å². The van der Waals surface area contributed by atoms with Gasteiger partial charge in [-0.3, -0.25) is 15.0 Å². The molecule has 0 bridgehead atoms. The molecular formula is C20H24BrN3O2. The number of halogens is 1. The van der Waals surface area contributed by atoms with Gasteiger partial charge in [0, 0.05) is 16.4 Å². The molecule has 0 atom stereocenters. The van der Waals surface area contributed by atoms with Gasteiger partial charge in [0.05, 0.1) is 11.3 Å². The van der Waals surface area contributed by atoms with Crippen LogP contribution in [0, 0.1) is 12.3 Å². The van der Waals surface area contributed by atoms with E-state index in [1.54, 1.807) is 6.07 Å². The number of hydrogen-bond donors (Lipinski definition) is 3. The summed E-state index contributed by atoms with van der Waals surface area (Å²) in [6, 6.07) is 13.3. The molecule has 0 spiro atoms. The molecule has 138 valence electrons. The molecule has 0 fully saturated rings. The van der Waals surface area contributed by atoms with Crippen LogP contribution in [0.4, 0.5) is 5.69 Å². The fourth-order valence-corrected chi connectivity index (χ4v) is 2.85. The summed E-state index contributed by atoms with van der Waals surface area (Å²) in [6.07, 6.45) is 0. The van der Waals surface area contributed by atoms with Crippen LogP contribution >= 0.6 is 15.9 Å². The predicted octanol–water partition coefficient (Wildman–Crippen LogP) is 4.18. The molecule has 2 aromatic rings. The lowest BCUT2D eigenvalue weighted by Gasteiger charge is -2.21. The van der Waals surface area contributed by atoms with Crippen molar-refractivity contribution in [2.45, 2.75) is 34.2 Å². The van der Waals surface area contributed by atoms with Gasteiger partial charge in [-0.05, 0) is 30.2 Å². The zero-order chi connectivity index (χ0) is 19.3. The number of hydrazine groups is 1. The maximum Gasteiger partial charge on any atom is 0.267 e. The number of aryl methyl sites for hydroxylation is 1. The molecule has 26 heavy (non-hydrogen) atoms. The van der Waals surface area contributed by atoms with Crippen LogP contribution in [-0.2, 0) is 11.3 Å². The minimum absolute atomic E-state index is 0.144. The van der Waals surface area contributed by atoms with Crippen LogP contribution in [0.5, 0.6) is 0 Å². The lowest BCUT2D eigenvalue weighted by Crippen LogP contribution is -2.38. The monoisotopic (exact) mass is 417 g/mol. The highest BCUT2D eigenvalue weighted by atomic mass is 79.9. The largest absolute Gasteiger partial charge is 0.325 e. The van der Waals surface area contributed by atoms with Crippen LogP contribution in [-0.4, -0.2) is 11.8 Å². The number of benzene rings is 2. The molecule has 5 nitrogen and oxygen atoms in total. The second kappa shape index (κ2) is 8.47. The zero-order valence-corrected chi connectivity index (χ0v) is 17.0. The normalized spacial score (nSPS) is 11.1. The van der Waals surface area contributed by atoms with Crippen molar-refractivity contribution in [3.8, 4) is 0 Å². The molecule has 0 unspecified atom stereocenters. The van der Waals surface area contributed by atoms with Crippen LogP contribution < -0.4 is 16.2 Å². The van der Waals surface area contributed by atoms with Crippen LogP contribution in [0.3, 0.4) is 0 Å². The first-order valence-electron chi connectivity index (χ1n) is 8.37. The van der Waals surface area contributed by atoms with Gasteiger partial charge < -0.3 is 5.32 Å². The zero-order valence-electron chi connectivity index (χ0n) is 15.4. The molecule has 2 rings (SSSR count). The van der Waals surface area contributed by atoms with Crippen molar-refractivity contribution in [2.75, 3.05) is 5.32 Å². The smallest absolute Gasteiger partial charge is 0.267 e. The average Bonchev–Trinajstić information content (AvgIpc) is 2.56. The van der Waals surface area contributed by atoms with Gasteiger partial charge in [-0.25, -0.2) is 5.43 Å². The Hall–Kier alpha value is -2.18. The van der Waals surface area contributed by atoms with E-state index in [1.807, 2.05) is 64.1 Å². The van der Waals surface area contributed by atoms with Gasteiger partial charge in [0.2, 0.25) is 5.91 Å². The predicted molar refractivity (Wildman–Crippen MR) is 108 cm³/mol. The minimum atomic E-state index is -0.557. The van der Waals surface area contributed by atoms with Crippen molar-refractivity contribution in [1.29, 1.82) is 0 Å². The highest BCUT2D eigenvalue weighted by Crippen LogP contribution is 2.27. The van der Waals surface area contributed by atoms with E-state index < -0.39 is 5.41 Å². The lowest BCUT2D eigenvalue weighted by molar-refractivity contribution is -0.123. The van der Waals surface area contributed by atoms with Gasteiger partial charge in [-0.15, -0.1) is 0 Å². The summed E-state index contributed by atoms with van der Waals surface area (Å²) in [4.78, 5) is 25.0. The fraction of sp³-hybridized carbons (Fsp3) is 0.300. The summed E-state index contributed by atoms with van der Waals surface area (Å²) in [5.74, 6) is -0.455. The lowest BCUT2D eigenvalue weighted by atomic mass is 9.95. The first-order valence-corrected chi connectivity index (χ1v) is 9.16.